The van der Waals surface area contributed by atoms with Gasteiger partial charge < -0.3 is 14.4 Å². The number of ether oxygens (including phenoxy) is 2. The quantitative estimate of drug-likeness (QED) is 0.371. The molecule has 0 saturated heterocycles. The lowest BCUT2D eigenvalue weighted by molar-refractivity contribution is -0.154. The van der Waals surface area contributed by atoms with Crippen molar-refractivity contribution < 1.29 is 23.9 Å². The number of carbonyl (C=O) groups is 3. The normalized spacial score (nSPS) is 12.0. The van der Waals surface area contributed by atoms with Gasteiger partial charge in [-0.3, -0.25) is 14.4 Å². The predicted molar refractivity (Wildman–Crippen MR) is 60.0 cm³/mol. The van der Waals surface area contributed by atoms with E-state index in [1.54, 1.807) is 19.0 Å². The van der Waals surface area contributed by atoms with Crippen molar-refractivity contribution in [3.8, 4) is 0 Å². The first-order valence-corrected chi connectivity index (χ1v) is 4.95. The maximum absolute atomic E-state index is 11.7. The zero-order chi connectivity index (χ0) is 13.4. The van der Waals surface area contributed by atoms with Crippen LogP contribution in [0.3, 0.4) is 0 Å². The van der Waals surface area contributed by atoms with Gasteiger partial charge in [0, 0.05) is 20.3 Å². The molecule has 0 spiro atoms. The molecule has 6 heteroatoms. The minimum atomic E-state index is -1.15. The highest BCUT2D eigenvalue weighted by Crippen LogP contribution is 2.09. The lowest BCUT2D eigenvalue weighted by atomic mass is 10.0. The number of nitrogens with zero attached hydrogens (tertiary/aromatic N) is 1. The van der Waals surface area contributed by atoms with Crippen LogP contribution in [0.5, 0.6) is 0 Å². The molecule has 0 aliphatic rings. The van der Waals surface area contributed by atoms with Gasteiger partial charge in [0.25, 0.3) is 0 Å². The average molecular weight is 243 g/mol. The van der Waals surface area contributed by atoms with Crippen molar-refractivity contribution in [1.82, 2.24) is 4.90 Å². The van der Waals surface area contributed by atoms with Gasteiger partial charge in [0.2, 0.25) is 0 Å². The summed E-state index contributed by atoms with van der Waals surface area (Å²) in [7, 11) is 5.82. The van der Waals surface area contributed by atoms with Gasteiger partial charge in [-0.25, -0.2) is 0 Å². The minimum absolute atomic E-state index is 0.320. The van der Waals surface area contributed by atoms with Gasteiger partial charge in [0.15, 0.2) is 5.78 Å². The summed E-state index contributed by atoms with van der Waals surface area (Å²) in [5.41, 5.74) is 0. The fraction of sp³-hybridized carbons (Fsp3) is 0.545. The Morgan fingerprint density at radius 3 is 2.18 bits per heavy atom. The van der Waals surface area contributed by atoms with Gasteiger partial charge in [0.1, 0.15) is 5.92 Å². The molecule has 0 fully saturated rings. The van der Waals surface area contributed by atoms with E-state index in [0.29, 0.717) is 0 Å². The van der Waals surface area contributed by atoms with E-state index in [4.69, 9.17) is 0 Å². The molecule has 0 aromatic carbocycles. The highest BCUT2D eigenvalue weighted by Gasteiger charge is 2.28. The molecule has 0 aromatic rings. The van der Waals surface area contributed by atoms with Crippen molar-refractivity contribution in [2.24, 2.45) is 5.92 Å². The third-order valence-electron chi connectivity index (χ3n) is 1.96. The molecule has 17 heavy (non-hydrogen) atoms. The van der Waals surface area contributed by atoms with Gasteiger partial charge in [-0.2, -0.15) is 0 Å². The van der Waals surface area contributed by atoms with Crippen LogP contribution in [0, 0.1) is 5.92 Å². The second kappa shape index (κ2) is 7.43. The molecule has 1 atom stereocenters. The maximum Gasteiger partial charge on any atom is 0.317 e. The van der Waals surface area contributed by atoms with Crippen molar-refractivity contribution >= 4 is 17.7 Å². The SMILES string of the molecule is COC(=O)CC(C(=O)C=CN(C)C)C(=O)OC. The Balaban J connectivity index is 4.74. The Labute approximate surface area is 100 Å². The molecule has 0 saturated carbocycles. The van der Waals surface area contributed by atoms with E-state index in [-0.39, 0.29) is 6.42 Å². The number of methoxy groups -OCH3 is 2. The third kappa shape index (κ3) is 5.70. The van der Waals surface area contributed by atoms with Crippen LogP contribution in [0.15, 0.2) is 12.3 Å². The lowest BCUT2D eigenvalue weighted by Gasteiger charge is -2.10. The molecule has 0 aliphatic heterocycles. The number of rotatable bonds is 6. The van der Waals surface area contributed by atoms with Gasteiger partial charge >= 0.3 is 11.9 Å². The van der Waals surface area contributed by atoms with Crippen LogP contribution in [-0.2, 0) is 23.9 Å². The lowest BCUT2D eigenvalue weighted by Crippen LogP contribution is -2.27. The summed E-state index contributed by atoms with van der Waals surface area (Å²) in [5, 5.41) is 0. The summed E-state index contributed by atoms with van der Waals surface area (Å²) >= 11 is 0. The molecule has 0 bridgehead atoms. The zero-order valence-electron chi connectivity index (χ0n) is 10.4. The van der Waals surface area contributed by atoms with Crippen molar-refractivity contribution in [1.29, 1.82) is 0 Å². The first kappa shape index (κ1) is 15.2. The van der Waals surface area contributed by atoms with Crippen LogP contribution >= 0.6 is 0 Å². The van der Waals surface area contributed by atoms with Crippen LogP contribution in [0.1, 0.15) is 6.42 Å². The maximum atomic E-state index is 11.7. The van der Waals surface area contributed by atoms with Crippen molar-refractivity contribution in [2.75, 3.05) is 28.3 Å². The molecule has 0 heterocycles. The number of hydrogen-bond acceptors (Lipinski definition) is 6. The Morgan fingerprint density at radius 2 is 1.76 bits per heavy atom. The average Bonchev–Trinajstić information content (AvgIpc) is 2.31. The van der Waals surface area contributed by atoms with Gasteiger partial charge in [0.05, 0.1) is 20.6 Å². The van der Waals surface area contributed by atoms with E-state index in [1.807, 2.05) is 0 Å². The van der Waals surface area contributed by atoms with Crippen molar-refractivity contribution in [3.05, 3.63) is 12.3 Å². The molecular weight excluding hydrogens is 226 g/mol. The summed E-state index contributed by atoms with van der Waals surface area (Å²) in [6.45, 7) is 0. The summed E-state index contributed by atoms with van der Waals surface area (Å²) in [6.07, 6.45) is 2.40. The number of hydrogen-bond donors (Lipinski definition) is 0. The molecule has 0 amide bonds. The monoisotopic (exact) mass is 243 g/mol. The Bertz CT molecular complexity index is 322. The number of carbonyl (C=O) groups excluding carboxylic acids is 3. The zero-order valence-corrected chi connectivity index (χ0v) is 10.4. The van der Waals surface area contributed by atoms with E-state index in [2.05, 4.69) is 9.47 Å². The number of ketones is 1. The van der Waals surface area contributed by atoms with Gasteiger partial charge in [-0.1, -0.05) is 0 Å². The number of esters is 2. The topological polar surface area (TPSA) is 72.9 Å². The Kier molecular flexibility index (Phi) is 6.62. The van der Waals surface area contributed by atoms with Crippen LogP contribution in [0.2, 0.25) is 0 Å². The van der Waals surface area contributed by atoms with Crippen molar-refractivity contribution in [3.63, 3.8) is 0 Å². The van der Waals surface area contributed by atoms with Crippen molar-refractivity contribution in [2.45, 2.75) is 6.42 Å². The van der Waals surface area contributed by atoms with Crippen LogP contribution < -0.4 is 0 Å². The highest BCUT2D eigenvalue weighted by atomic mass is 16.5. The smallest absolute Gasteiger partial charge is 0.317 e. The van der Waals surface area contributed by atoms with Gasteiger partial charge in [-0.15, -0.1) is 0 Å². The molecular formula is C11H17NO5. The van der Waals surface area contributed by atoms with E-state index >= 15 is 0 Å². The summed E-state index contributed by atoms with van der Waals surface area (Å²) in [5.74, 6) is -3.02. The molecule has 0 aliphatic carbocycles. The van der Waals surface area contributed by atoms with Crippen LogP contribution in [-0.4, -0.2) is 50.9 Å². The van der Waals surface area contributed by atoms with Gasteiger partial charge in [-0.05, 0) is 6.08 Å². The molecule has 0 rings (SSSR count). The molecule has 6 nitrogen and oxygen atoms in total. The highest BCUT2D eigenvalue weighted by molar-refractivity contribution is 6.06. The first-order valence-electron chi connectivity index (χ1n) is 4.95. The largest absolute Gasteiger partial charge is 0.469 e. The van der Waals surface area contributed by atoms with E-state index < -0.39 is 23.6 Å². The van der Waals surface area contributed by atoms with E-state index in [9.17, 15) is 14.4 Å². The Morgan fingerprint density at radius 1 is 1.18 bits per heavy atom. The second-order valence-electron chi connectivity index (χ2n) is 3.54. The minimum Gasteiger partial charge on any atom is -0.469 e. The summed E-state index contributed by atoms with van der Waals surface area (Å²) < 4.78 is 8.89. The third-order valence-corrected chi connectivity index (χ3v) is 1.96. The predicted octanol–water partition coefficient (Wildman–Crippen LogP) is -0.0169. The van der Waals surface area contributed by atoms with E-state index in [1.165, 1.54) is 19.4 Å². The first-order chi connectivity index (χ1) is 7.92. The van der Waals surface area contributed by atoms with Crippen LogP contribution in [0.25, 0.3) is 0 Å². The van der Waals surface area contributed by atoms with Crippen LogP contribution in [0.4, 0.5) is 0 Å². The number of allylic oxidation sites excluding steroid dienone is 1. The Hall–Kier alpha value is -1.85. The second-order valence-corrected chi connectivity index (χ2v) is 3.54. The fourth-order valence-electron chi connectivity index (χ4n) is 1.03. The van der Waals surface area contributed by atoms with E-state index in [0.717, 1.165) is 7.11 Å². The molecule has 0 N–H and O–H groups in total. The molecule has 0 aromatic heterocycles. The molecule has 1 unspecified atom stereocenters. The standard InChI is InChI=1S/C11H17NO5/c1-12(2)6-5-9(13)8(11(15)17-4)7-10(14)16-3/h5-6,8H,7H2,1-4H3. The molecule has 0 radical (unpaired) electrons. The summed E-state index contributed by atoms with van der Waals surface area (Å²) in [6, 6.07) is 0. The fourth-order valence-corrected chi connectivity index (χ4v) is 1.03. The molecule has 96 valence electrons. The summed E-state index contributed by atoms with van der Waals surface area (Å²) in [4.78, 5) is 35.7.